The van der Waals surface area contributed by atoms with Gasteiger partial charge in [0, 0.05) is 0 Å². The molecule has 0 saturated heterocycles. The molecule has 0 spiro atoms. The second kappa shape index (κ2) is 5.23. The Morgan fingerprint density at radius 2 is 2.11 bits per heavy atom. The van der Waals surface area contributed by atoms with Gasteiger partial charge in [0.2, 0.25) is 0 Å². The number of hydrogen-bond donors (Lipinski definition) is 3. The first-order valence-electron chi connectivity index (χ1n) is 4.93. The van der Waals surface area contributed by atoms with Crippen molar-refractivity contribution in [1.82, 2.24) is 0 Å². The Hall–Kier alpha value is -1.80. The van der Waals surface area contributed by atoms with E-state index in [0.717, 1.165) is 0 Å². The Morgan fingerprint density at radius 3 is 2.61 bits per heavy atom. The topological polar surface area (TPSA) is 133 Å². The fourth-order valence-corrected chi connectivity index (χ4v) is 2.89. The summed E-state index contributed by atoms with van der Waals surface area (Å²) in [5.41, 5.74) is 10.8. The van der Waals surface area contributed by atoms with Crippen LogP contribution in [0.2, 0.25) is 0 Å². The number of anilines is 1. The number of para-hydroxylation sites is 1. The van der Waals surface area contributed by atoms with E-state index in [9.17, 15) is 13.2 Å². The number of sulfone groups is 1. The van der Waals surface area contributed by atoms with Crippen molar-refractivity contribution in [3.63, 3.8) is 0 Å². The van der Waals surface area contributed by atoms with Gasteiger partial charge in [-0.05, 0) is 12.1 Å². The molecule has 0 bridgehead atoms. The molecule has 0 aliphatic rings. The van der Waals surface area contributed by atoms with Crippen LogP contribution in [0, 0.1) is 0 Å². The highest BCUT2D eigenvalue weighted by molar-refractivity contribution is 7.91. The van der Waals surface area contributed by atoms with Crippen LogP contribution in [0.5, 0.6) is 5.75 Å². The number of hydrogen-bond acceptors (Lipinski definition) is 6. The minimum absolute atomic E-state index is 0.0578. The van der Waals surface area contributed by atoms with Gasteiger partial charge < -0.3 is 21.3 Å². The first-order chi connectivity index (χ1) is 8.29. The number of carboxylic acid groups (broad SMARTS) is 1. The minimum atomic E-state index is -3.88. The van der Waals surface area contributed by atoms with Crippen molar-refractivity contribution in [1.29, 1.82) is 0 Å². The molecule has 0 fully saturated rings. The van der Waals surface area contributed by atoms with Gasteiger partial charge in [0.25, 0.3) is 0 Å². The zero-order chi connectivity index (χ0) is 13.9. The number of methoxy groups -OCH3 is 1. The largest absolute Gasteiger partial charge is 0.495 e. The number of nitrogen functional groups attached to an aromatic ring is 1. The van der Waals surface area contributed by atoms with E-state index in [1.54, 1.807) is 0 Å². The van der Waals surface area contributed by atoms with Gasteiger partial charge in [-0.2, -0.15) is 0 Å². The van der Waals surface area contributed by atoms with Gasteiger partial charge in [0.1, 0.15) is 11.8 Å². The van der Waals surface area contributed by atoms with Crippen LogP contribution >= 0.6 is 0 Å². The summed E-state index contributed by atoms with van der Waals surface area (Å²) in [5, 5.41) is 8.62. The molecule has 5 N–H and O–H groups in total. The van der Waals surface area contributed by atoms with Gasteiger partial charge in [0.05, 0.1) is 23.4 Å². The first-order valence-corrected chi connectivity index (χ1v) is 6.58. The van der Waals surface area contributed by atoms with E-state index < -0.39 is 27.6 Å². The molecule has 0 heterocycles. The van der Waals surface area contributed by atoms with Gasteiger partial charge in [-0.3, -0.25) is 4.79 Å². The Labute approximate surface area is 104 Å². The van der Waals surface area contributed by atoms with Crippen LogP contribution in [0.3, 0.4) is 0 Å². The molecule has 0 aromatic heterocycles. The van der Waals surface area contributed by atoms with Gasteiger partial charge in [-0.15, -0.1) is 0 Å². The van der Waals surface area contributed by atoms with Crippen molar-refractivity contribution >= 4 is 21.5 Å². The SMILES string of the molecule is COc1cccc(S(=O)(=O)CC(N)C(=O)O)c1N. The third-order valence-electron chi connectivity index (χ3n) is 2.30. The van der Waals surface area contributed by atoms with E-state index in [0.29, 0.717) is 0 Å². The molecule has 18 heavy (non-hydrogen) atoms. The van der Waals surface area contributed by atoms with E-state index in [4.69, 9.17) is 21.3 Å². The van der Waals surface area contributed by atoms with E-state index >= 15 is 0 Å². The molecule has 0 saturated carbocycles. The van der Waals surface area contributed by atoms with Crippen LogP contribution < -0.4 is 16.2 Å². The van der Waals surface area contributed by atoms with Gasteiger partial charge in [-0.1, -0.05) is 6.07 Å². The van der Waals surface area contributed by atoms with E-state index in [1.165, 1.54) is 25.3 Å². The third kappa shape index (κ3) is 2.90. The molecular formula is C10H14N2O5S. The number of ether oxygens (including phenoxy) is 1. The maximum atomic E-state index is 12.0. The normalized spacial score (nSPS) is 13.0. The number of aliphatic carboxylic acids is 1. The molecule has 1 atom stereocenters. The molecule has 1 aromatic rings. The van der Waals surface area contributed by atoms with Crippen LogP contribution in [0.4, 0.5) is 5.69 Å². The van der Waals surface area contributed by atoms with Gasteiger partial charge in [0.15, 0.2) is 9.84 Å². The molecule has 0 amide bonds. The van der Waals surface area contributed by atoms with Crippen LogP contribution in [-0.2, 0) is 14.6 Å². The van der Waals surface area contributed by atoms with E-state index in [-0.39, 0.29) is 16.3 Å². The highest BCUT2D eigenvalue weighted by Crippen LogP contribution is 2.29. The Balaban J connectivity index is 3.17. The predicted octanol–water partition coefficient (Wildman–Crippen LogP) is -0.537. The maximum absolute atomic E-state index is 12.0. The molecule has 8 heteroatoms. The van der Waals surface area contributed by atoms with Crippen molar-refractivity contribution in [2.75, 3.05) is 18.6 Å². The monoisotopic (exact) mass is 274 g/mol. The van der Waals surface area contributed by atoms with Crippen LogP contribution in [0.1, 0.15) is 0 Å². The summed E-state index contributed by atoms with van der Waals surface area (Å²) in [6.07, 6.45) is 0. The number of carbonyl (C=O) groups is 1. The number of carboxylic acids is 1. The van der Waals surface area contributed by atoms with Crippen molar-refractivity contribution in [3.8, 4) is 5.75 Å². The molecular weight excluding hydrogens is 260 g/mol. The lowest BCUT2D eigenvalue weighted by atomic mass is 10.3. The molecule has 100 valence electrons. The fraction of sp³-hybridized carbons (Fsp3) is 0.300. The average Bonchev–Trinajstić information content (AvgIpc) is 2.28. The summed E-state index contributed by atoms with van der Waals surface area (Å²) in [4.78, 5) is 10.4. The Bertz CT molecular complexity index is 555. The van der Waals surface area contributed by atoms with Crippen molar-refractivity contribution in [3.05, 3.63) is 18.2 Å². The van der Waals surface area contributed by atoms with Crippen molar-refractivity contribution < 1.29 is 23.1 Å². The first kappa shape index (κ1) is 14.3. The summed E-state index contributed by atoms with van der Waals surface area (Å²) in [5.74, 6) is -1.90. The van der Waals surface area contributed by atoms with Crippen LogP contribution in [0.25, 0.3) is 0 Å². The summed E-state index contributed by atoms with van der Waals surface area (Å²) in [6.45, 7) is 0. The van der Waals surface area contributed by atoms with Gasteiger partial charge in [-0.25, -0.2) is 8.42 Å². The fourth-order valence-electron chi connectivity index (χ4n) is 1.37. The minimum Gasteiger partial charge on any atom is -0.495 e. The van der Waals surface area contributed by atoms with Crippen molar-refractivity contribution in [2.45, 2.75) is 10.9 Å². The molecule has 1 unspecified atom stereocenters. The zero-order valence-corrected chi connectivity index (χ0v) is 10.5. The number of nitrogens with two attached hydrogens (primary N) is 2. The molecule has 0 radical (unpaired) electrons. The van der Waals surface area contributed by atoms with Crippen molar-refractivity contribution in [2.24, 2.45) is 5.73 Å². The average molecular weight is 274 g/mol. The summed E-state index contributed by atoms with van der Waals surface area (Å²) in [7, 11) is -2.53. The highest BCUT2D eigenvalue weighted by atomic mass is 32.2. The molecule has 0 aliphatic carbocycles. The Kier molecular flexibility index (Phi) is 4.15. The highest BCUT2D eigenvalue weighted by Gasteiger charge is 2.26. The van der Waals surface area contributed by atoms with E-state index in [1.807, 2.05) is 0 Å². The van der Waals surface area contributed by atoms with Crippen LogP contribution in [-0.4, -0.2) is 38.4 Å². The lowest BCUT2D eigenvalue weighted by Gasteiger charge is -2.12. The van der Waals surface area contributed by atoms with E-state index in [2.05, 4.69) is 0 Å². The summed E-state index contributed by atoms with van der Waals surface area (Å²) < 4.78 is 28.8. The second-order valence-corrected chi connectivity index (χ2v) is 5.60. The quantitative estimate of drug-likeness (QED) is 0.614. The maximum Gasteiger partial charge on any atom is 0.321 e. The summed E-state index contributed by atoms with van der Waals surface area (Å²) >= 11 is 0. The molecule has 1 rings (SSSR count). The molecule has 1 aromatic carbocycles. The molecule has 0 aliphatic heterocycles. The zero-order valence-electron chi connectivity index (χ0n) is 9.66. The smallest absolute Gasteiger partial charge is 0.321 e. The van der Waals surface area contributed by atoms with Crippen LogP contribution in [0.15, 0.2) is 23.1 Å². The number of rotatable bonds is 5. The standard InChI is InChI=1S/C10H14N2O5S/c1-17-7-3-2-4-8(9(7)12)18(15,16)5-6(11)10(13)14/h2-4,6H,5,11-12H2,1H3,(H,13,14). The second-order valence-electron chi connectivity index (χ2n) is 3.60. The predicted molar refractivity (Wildman–Crippen MR) is 65.1 cm³/mol. The van der Waals surface area contributed by atoms with Gasteiger partial charge >= 0.3 is 5.97 Å². The third-order valence-corrected chi connectivity index (χ3v) is 4.12. The lowest BCUT2D eigenvalue weighted by Crippen LogP contribution is -2.37. The summed E-state index contributed by atoms with van der Waals surface area (Å²) in [6, 6.07) is 2.74. The molecule has 7 nitrogen and oxygen atoms in total. The number of benzene rings is 1. The lowest BCUT2D eigenvalue weighted by molar-refractivity contribution is -0.137. The Morgan fingerprint density at radius 1 is 1.50 bits per heavy atom.